The van der Waals surface area contributed by atoms with Crippen LogP contribution in [0.4, 0.5) is 0 Å². The quantitative estimate of drug-likeness (QED) is 0.760. The number of fused-ring (bicyclic) bond motifs is 1. The van der Waals surface area contributed by atoms with Crippen LogP contribution in [0.5, 0.6) is 0 Å². The van der Waals surface area contributed by atoms with Gasteiger partial charge in [0.05, 0.1) is 5.52 Å². The summed E-state index contributed by atoms with van der Waals surface area (Å²) in [6.07, 6.45) is 2.53. The zero-order chi connectivity index (χ0) is 12.5. The fourth-order valence-corrected chi connectivity index (χ4v) is 2.96. The van der Waals surface area contributed by atoms with Gasteiger partial charge in [-0.25, -0.2) is 0 Å². The number of aryl methyl sites for hydroxylation is 1. The number of hydrogen-bond acceptors (Lipinski definition) is 2. The summed E-state index contributed by atoms with van der Waals surface area (Å²) in [5, 5.41) is 1.35. The predicted molar refractivity (Wildman–Crippen MR) is 76.0 cm³/mol. The smallest absolute Gasteiger partial charge is 0.0708 e. The number of aromatic nitrogens is 1. The summed E-state index contributed by atoms with van der Waals surface area (Å²) in [5.41, 5.74) is 3.74. The lowest BCUT2D eigenvalue weighted by Gasteiger charge is -2.29. The Labute approximate surface area is 109 Å². The van der Waals surface area contributed by atoms with Crippen LogP contribution in [0, 0.1) is 6.92 Å². The number of hydrogen-bond donors (Lipinski definition) is 0. The summed E-state index contributed by atoms with van der Waals surface area (Å²) < 4.78 is 0. The van der Waals surface area contributed by atoms with Crippen molar-refractivity contribution >= 4 is 10.9 Å². The van der Waals surface area contributed by atoms with Crippen LogP contribution in [0.1, 0.15) is 30.0 Å². The third-order valence-electron chi connectivity index (χ3n) is 4.06. The summed E-state index contributed by atoms with van der Waals surface area (Å²) in [5.74, 6) is 0.703. The van der Waals surface area contributed by atoms with E-state index in [4.69, 9.17) is 0 Å². The van der Waals surface area contributed by atoms with E-state index in [0.717, 1.165) is 11.2 Å². The molecular weight excluding hydrogens is 220 g/mol. The van der Waals surface area contributed by atoms with Crippen molar-refractivity contribution in [1.29, 1.82) is 0 Å². The van der Waals surface area contributed by atoms with Crippen molar-refractivity contribution in [2.45, 2.75) is 25.7 Å². The normalized spacial score (nSPS) is 18.3. The molecule has 94 valence electrons. The van der Waals surface area contributed by atoms with E-state index < -0.39 is 0 Å². The van der Waals surface area contributed by atoms with E-state index in [1.165, 1.54) is 36.9 Å². The molecule has 1 saturated heterocycles. The van der Waals surface area contributed by atoms with Gasteiger partial charge in [0.2, 0.25) is 0 Å². The molecule has 1 aromatic carbocycles. The van der Waals surface area contributed by atoms with Gasteiger partial charge in [0.25, 0.3) is 0 Å². The SMILES string of the molecule is Cc1ccc2c(C3CCN(C)CC3)cccc2n1. The Balaban J connectivity index is 2.01. The van der Waals surface area contributed by atoms with Crippen molar-refractivity contribution in [3.8, 4) is 0 Å². The van der Waals surface area contributed by atoms with Crippen molar-refractivity contribution in [1.82, 2.24) is 9.88 Å². The zero-order valence-corrected chi connectivity index (χ0v) is 11.2. The molecule has 1 aliphatic rings. The first-order valence-electron chi connectivity index (χ1n) is 6.79. The highest BCUT2D eigenvalue weighted by atomic mass is 15.1. The average molecular weight is 240 g/mol. The molecule has 0 atom stereocenters. The van der Waals surface area contributed by atoms with E-state index in [9.17, 15) is 0 Å². The van der Waals surface area contributed by atoms with Crippen molar-refractivity contribution in [2.24, 2.45) is 0 Å². The highest BCUT2D eigenvalue weighted by molar-refractivity contribution is 5.82. The largest absolute Gasteiger partial charge is 0.306 e. The molecule has 0 saturated carbocycles. The molecule has 2 nitrogen and oxygen atoms in total. The highest BCUT2D eigenvalue weighted by Crippen LogP contribution is 2.32. The lowest BCUT2D eigenvalue weighted by Crippen LogP contribution is -2.29. The summed E-state index contributed by atoms with van der Waals surface area (Å²) in [4.78, 5) is 7.06. The standard InChI is InChI=1S/C16H20N2/c1-12-6-7-15-14(4-3-5-16(15)17-12)13-8-10-18(2)11-9-13/h3-7,13H,8-11H2,1-2H3. The summed E-state index contributed by atoms with van der Waals surface area (Å²) in [6, 6.07) is 10.9. The second-order valence-corrected chi connectivity index (χ2v) is 5.44. The predicted octanol–water partition coefficient (Wildman–Crippen LogP) is 3.35. The third-order valence-corrected chi connectivity index (χ3v) is 4.06. The topological polar surface area (TPSA) is 16.1 Å². The van der Waals surface area contributed by atoms with Crippen molar-refractivity contribution in [3.63, 3.8) is 0 Å². The van der Waals surface area contributed by atoms with Crippen LogP contribution >= 0.6 is 0 Å². The first-order valence-corrected chi connectivity index (χ1v) is 6.79. The zero-order valence-electron chi connectivity index (χ0n) is 11.2. The van der Waals surface area contributed by atoms with Crippen molar-refractivity contribution in [2.75, 3.05) is 20.1 Å². The minimum Gasteiger partial charge on any atom is -0.306 e. The Kier molecular flexibility index (Phi) is 3.04. The van der Waals surface area contributed by atoms with Crippen LogP contribution in [0.2, 0.25) is 0 Å². The van der Waals surface area contributed by atoms with E-state index >= 15 is 0 Å². The molecule has 3 rings (SSSR count). The molecular formula is C16H20N2. The lowest BCUT2D eigenvalue weighted by molar-refractivity contribution is 0.256. The van der Waals surface area contributed by atoms with Gasteiger partial charge < -0.3 is 4.90 Å². The minimum atomic E-state index is 0.703. The Bertz CT molecular complexity index is 554. The van der Waals surface area contributed by atoms with E-state index in [2.05, 4.69) is 54.2 Å². The summed E-state index contributed by atoms with van der Waals surface area (Å²) in [6.45, 7) is 4.47. The molecule has 18 heavy (non-hydrogen) atoms. The molecule has 1 fully saturated rings. The maximum atomic E-state index is 4.64. The van der Waals surface area contributed by atoms with Crippen LogP contribution < -0.4 is 0 Å². The fraction of sp³-hybridized carbons (Fsp3) is 0.438. The lowest BCUT2D eigenvalue weighted by atomic mass is 9.87. The first kappa shape index (κ1) is 11.7. The van der Waals surface area contributed by atoms with E-state index in [1.54, 1.807) is 0 Å². The van der Waals surface area contributed by atoms with Gasteiger partial charge in [-0.15, -0.1) is 0 Å². The maximum absolute atomic E-state index is 4.64. The number of likely N-dealkylation sites (tertiary alicyclic amines) is 1. The van der Waals surface area contributed by atoms with Crippen LogP contribution in [0.15, 0.2) is 30.3 Å². The number of piperidine rings is 1. The third kappa shape index (κ3) is 2.13. The van der Waals surface area contributed by atoms with Gasteiger partial charge in [0, 0.05) is 11.1 Å². The van der Waals surface area contributed by atoms with Gasteiger partial charge in [-0.3, -0.25) is 4.98 Å². The van der Waals surface area contributed by atoms with E-state index in [1.807, 2.05) is 0 Å². The second-order valence-electron chi connectivity index (χ2n) is 5.44. The molecule has 0 unspecified atom stereocenters. The van der Waals surface area contributed by atoms with Crippen LogP contribution in [-0.2, 0) is 0 Å². The number of rotatable bonds is 1. The van der Waals surface area contributed by atoms with E-state index in [0.29, 0.717) is 5.92 Å². The van der Waals surface area contributed by atoms with Crippen molar-refractivity contribution < 1.29 is 0 Å². The molecule has 1 aliphatic heterocycles. The monoisotopic (exact) mass is 240 g/mol. The fourth-order valence-electron chi connectivity index (χ4n) is 2.96. The van der Waals surface area contributed by atoms with Crippen LogP contribution in [0.3, 0.4) is 0 Å². The average Bonchev–Trinajstić information content (AvgIpc) is 2.38. The van der Waals surface area contributed by atoms with Gasteiger partial charge in [-0.2, -0.15) is 0 Å². The Morgan fingerprint density at radius 3 is 2.67 bits per heavy atom. The van der Waals surface area contributed by atoms with Crippen molar-refractivity contribution in [3.05, 3.63) is 41.6 Å². The van der Waals surface area contributed by atoms with E-state index in [-0.39, 0.29) is 0 Å². The molecule has 2 aromatic rings. The molecule has 0 amide bonds. The van der Waals surface area contributed by atoms with Gasteiger partial charge in [-0.1, -0.05) is 18.2 Å². The molecule has 0 radical (unpaired) electrons. The second kappa shape index (κ2) is 4.69. The van der Waals surface area contributed by atoms with Gasteiger partial charge in [0.1, 0.15) is 0 Å². The molecule has 1 aromatic heterocycles. The van der Waals surface area contributed by atoms with Crippen LogP contribution in [-0.4, -0.2) is 30.0 Å². The Morgan fingerprint density at radius 2 is 1.89 bits per heavy atom. The highest BCUT2D eigenvalue weighted by Gasteiger charge is 2.19. The maximum Gasteiger partial charge on any atom is 0.0708 e. The minimum absolute atomic E-state index is 0.703. The summed E-state index contributed by atoms with van der Waals surface area (Å²) >= 11 is 0. The number of pyridine rings is 1. The molecule has 0 aliphatic carbocycles. The van der Waals surface area contributed by atoms with Crippen LogP contribution in [0.25, 0.3) is 10.9 Å². The Hall–Kier alpha value is -1.41. The summed E-state index contributed by atoms with van der Waals surface area (Å²) in [7, 11) is 2.21. The number of benzene rings is 1. The molecule has 0 N–H and O–H groups in total. The molecule has 2 heterocycles. The molecule has 2 heteroatoms. The molecule has 0 spiro atoms. The Morgan fingerprint density at radius 1 is 1.11 bits per heavy atom. The van der Waals surface area contributed by atoms with Gasteiger partial charge >= 0.3 is 0 Å². The number of nitrogens with zero attached hydrogens (tertiary/aromatic N) is 2. The van der Waals surface area contributed by atoms with Gasteiger partial charge in [0.15, 0.2) is 0 Å². The molecule has 0 bridgehead atoms. The first-order chi connectivity index (χ1) is 8.74. The van der Waals surface area contributed by atoms with Gasteiger partial charge in [-0.05, 0) is 63.5 Å².